The Hall–Kier alpha value is -1.99. The number of benzene rings is 1. The van der Waals surface area contributed by atoms with E-state index in [1.807, 2.05) is 18.2 Å². The molecule has 7 heteroatoms. The molecule has 1 aromatic rings. The van der Waals surface area contributed by atoms with Crippen molar-refractivity contribution in [2.75, 3.05) is 44.8 Å². The molecular weight excluding hydrogens is 320 g/mol. The first-order chi connectivity index (χ1) is 12.3. The Balaban J connectivity index is 1.32. The van der Waals surface area contributed by atoms with E-state index in [9.17, 15) is 0 Å². The van der Waals surface area contributed by atoms with E-state index in [1.54, 1.807) is 0 Å². The van der Waals surface area contributed by atoms with Gasteiger partial charge in [-0.1, -0.05) is 0 Å². The van der Waals surface area contributed by atoms with E-state index >= 15 is 0 Å². The lowest BCUT2D eigenvalue weighted by Gasteiger charge is -2.32. The van der Waals surface area contributed by atoms with Crippen LogP contribution < -0.4 is 20.5 Å². The Labute approximate surface area is 148 Å². The largest absolute Gasteiger partial charge is 0.490 e. The van der Waals surface area contributed by atoms with Crippen LogP contribution in [0.15, 0.2) is 23.2 Å². The number of anilines is 1. The topological polar surface area (TPSA) is 81.3 Å². The molecule has 1 aromatic carbocycles. The molecule has 0 radical (unpaired) electrons. The quantitative estimate of drug-likeness (QED) is 0.634. The first kappa shape index (κ1) is 16.5. The maximum absolute atomic E-state index is 6.03. The van der Waals surface area contributed by atoms with Gasteiger partial charge in [-0.3, -0.25) is 9.89 Å². The molecule has 2 fully saturated rings. The lowest BCUT2D eigenvalue weighted by Crippen LogP contribution is -2.45. The van der Waals surface area contributed by atoms with Gasteiger partial charge in [-0.25, -0.2) is 0 Å². The zero-order valence-corrected chi connectivity index (χ0v) is 14.4. The Kier molecular flexibility index (Phi) is 4.94. The average molecular weight is 346 g/mol. The number of hydrogen-bond acceptors (Lipinski definition) is 5. The minimum atomic E-state index is 0.124. The summed E-state index contributed by atoms with van der Waals surface area (Å²) >= 11 is 0. The second kappa shape index (κ2) is 7.49. The van der Waals surface area contributed by atoms with Gasteiger partial charge >= 0.3 is 0 Å². The highest BCUT2D eigenvalue weighted by Gasteiger charge is 2.32. The van der Waals surface area contributed by atoms with Gasteiger partial charge < -0.3 is 25.3 Å². The number of morpholine rings is 1. The molecular formula is C18H26N4O3. The summed E-state index contributed by atoms with van der Waals surface area (Å²) in [5.41, 5.74) is 6.88. The average Bonchev–Trinajstić information content (AvgIpc) is 3.47. The number of hydrogen-bond donors (Lipinski definition) is 2. The molecule has 3 N–H and O–H groups in total. The van der Waals surface area contributed by atoms with Crippen molar-refractivity contribution < 1.29 is 14.2 Å². The maximum Gasteiger partial charge on any atom is 0.193 e. The van der Waals surface area contributed by atoms with Crippen LogP contribution in [0, 0.1) is 0 Å². The fourth-order valence-corrected chi connectivity index (χ4v) is 3.25. The van der Waals surface area contributed by atoms with Crippen LogP contribution in [0.5, 0.6) is 11.5 Å². The van der Waals surface area contributed by atoms with Crippen LogP contribution in [0.2, 0.25) is 0 Å². The third kappa shape index (κ3) is 4.35. The zero-order chi connectivity index (χ0) is 17.1. The van der Waals surface area contributed by atoms with E-state index in [1.165, 1.54) is 12.8 Å². The minimum absolute atomic E-state index is 0.124. The highest BCUT2D eigenvalue weighted by Crippen LogP contribution is 2.32. The maximum atomic E-state index is 6.03. The fraction of sp³-hybridized carbons (Fsp3) is 0.611. The van der Waals surface area contributed by atoms with Crippen LogP contribution in [-0.2, 0) is 4.74 Å². The number of nitrogens with one attached hydrogen (secondary N) is 1. The van der Waals surface area contributed by atoms with Crippen molar-refractivity contribution in [3.05, 3.63) is 18.2 Å². The Bertz CT molecular complexity index is 633. The van der Waals surface area contributed by atoms with Crippen LogP contribution in [0.4, 0.5) is 5.69 Å². The van der Waals surface area contributed by atoms with Gasteiger partial charge in [0, 0.05) is 37.3 Å². The van der Waals surface area contributed by atoms with Gasteiger partial charge in [-0.05, 0) is 25.0 Å². The van der Waals surface area contributed by atoms with Crippen LogP contribution in [0.25, 0.3) is 0 Å². The molecule has 0 amide bonds. The van der Waals surface area contributed by atoms with Crippen LogP contribution in [0.3, 0.4) is 0 Å². The third-order valence-corrected chi connectivity index (χ3v) is 4.72. The van der Waals surface area contributed by atoms with Gasteiger partial charge in [0.1, 0.15) is 0 Å². The number of guanidine groups is 1. The molecule has 2 aliphatic heterocycles. The zero-order valence-electron chi connectivity index (χ0n) is 14.4. The summed E-state index contributed by atoms with van der Waals surface area (Å²) in [6.45, 7) is 4.69. The Morgan fingerprint density at radius 2 is 2.04 bits per heavy atom. The number of ether oxygens (including phenoxy) is 3. The van der Waals surface area contributed by atoms with Crippen molar-refractivity contribution in [1.29, 1.82) is 0 Å². The SMILES string of the molecule is NC(=NCC1CN(C2CC2)CCO1)Nc1ccc2c(c1)OCCCO2. The smallest absolute Gasteiger partial charge is 0.193 e. The molecule has 0 bridgehead atoms. The molecule has 2 heterocycles. The fourth-order valence-electron chi connectivity index (χ4n) is 3.25. The summed E-state index contributed by atoms with van der Waals surface area (Å²) < 4.78 is 17.1. The van der Waals surface area contributed by atoms with Crippen molar-refractivity contribution >= 4 is 11.6 Å². The van der Waals surface area contributed by atoms with Gasteiger partial charge in [0.2, 0.25) is 0 Å². The molecule has 25 heavy (non-hydrogen) atoms. The van der Waals surface area contributed by atoms with Crippen molar-refractivity contribution in [2.24, 2.45) is 10.7 Å². The second-order valence-corrected chi connectivity index (χ2v) is 6.78. The van der Waals surface area contributed by atoms with Crippen LogP contribution >= 0.6 is 0 Å². The van der Waals surface area contributed by atoms with E-state index in [4.69, 9.17) is 19.9 Å². The molecule has 1 aliphatic carbocycles. The molecule has 1 saturated carbocycles. The summed E-state index contributed by atoms with van der Waals surface area (Å²) in [6.07, 6.45) is 3.66. The summed E-state index contributed by atoms with van der Waals surface area (Å²) in [7, 11) is 0. The minimum Gasteiger partial charge on any atom is -0.490 e. The van der Waals surface area contributed by atoms with Crippen LogP contribution in [0.1, 0.15) is 19.3 Å². The van der Waals surface area contributed by atoms with Gasteiger partial charge in [-0.2, -0.15) is 0 Å². The van der Waals surface area contributed by atoms with E-state index in [2.05, 4.69) is 15.2 Å². The van der Waals surface area contributed by atoms with E-state index in [0.717, 1.165) is 49.3 Å². The molecule has 0 spiro atoms. The van der Waals surface area contributed by atoms with Gasteiger partial charge in [0.25, 0.3) is 0 Å². The number of nitrogens with zero attached hydrogens (tertiary/aromatic N) is 2. The molecule has 0 aromatic heterocycles. The Morgan fingerprint density at radius 1 is 1.20 bits per heavy atom. The predicted octanol–water partition coefficient (Wildman–Crippen LogP) is 1.44. The number of nitrogens with two attached hydrogens (primary N) is 1. The number of fused-ring (bicyclic) bond motifs is 1. The van der Waals surface area contributed by atoms with Gasteiger partial charge in [-0.15, -0.1) is 0 Å². The summed E-state index contributed by atoms with van der Waals surface area (Å²) in [5, 5.41) is 3.12. The number of aliphatic imine (C=N–C) groups is 1. The van der Waals surface area contributed by atoms with Crippen LogP contribution in [-0.4, -0.2) is 62.5 Å². The Morgan fingerprint density at radius 3 is 2.88 bits per heavy atom. The summed E-state index contributed by atoms with van der Waals surface area (Å²) in [5.74, 6) is 1.90. The first-order valence-electron chi connectivity index (χ1n) is 9.10. The molecule has 1 atom stereocenters. The molecule has 136 valence electrons. The van der Waals surface area contributed by atoms with Crippen molar-refractivity contribution in [1.82, 2.24) is 4.90 Å². The molecule has 3 aliphatic rings. The highest BCUT2D eigenvalue weighted by molar-refractivity contribution is 5.92. The summed E-state index contributed by atoms with van der Waals surface area (Å²) in [6, 6.07) is 6.48. The van der Waals surface area contributed by atoms with Crippen molar-refractivity contribution in [3.63, 3.8) is 0 Å². The van der Waals surface area contributed by atoms with Gasteiger partial charge in [0.15, 0.2) is 17.5 Å². The monoisotopic (exact) mass is 346 g/mol. The van der Waals surface area contributed by atoms with E-state index < -0.39 is 0 Å². The first-order valence-corrected chi connectivity index (χ1v) is 9.10. The normalized spacial score (nSPS) is 24.6. The molecule has 1 unspecified atom stereocenters. The predicted molar refractivity (Wildman–Crippen MR) is 96.5 cm³/mol. The van der Waals surface area contributed by atoms with E-state index in [0.29, 0.717) is 25.7 Å². The molecule has 1 saturated heterocycles. The summed E-state index contributed by atoms with van der Waals surface area (Å²) in [4.78, 5) is 6.96. The number of rotatable bonds is 4. The lowest BCUT2D eigenvalue weighted by atomic mass is 10.2. The van der Waals surface area contributed by atoms with Gasteiger partial charge in [0.05, 0.1) is 32.5 Å². The van der Waals surface area contributed by atoms with E-state index in [-0.39, 0.29) is 6.10 Å². The van der Waals surface area contributed by atoms with Crippen molar-refractivity contribution in [3.8, 4) is 11.5 Å². The molecule has 4 rings (SSSR count). The standard InChI is InChI=1S/C18H26N4O3/c19-18(20-11-15-12-22(6-9-23-15)14-3-4-14)21-13-2-5-16-17(10-13)25-8-1-7-24-16/h2,5,10,14-15H,1,3-4,6-9,11-12H2,(H3,19,20,21). The third-order valence-electron chi connectivity index (χ3n) is 4.72. The molecule has 7 nitrogen and oxygen atoms in total. The highest BCUT2D eigenvalue weighted by atomic mass is 16.5. The second-order valence-electron chi connectivity index (χ2n) is 6.78. The lowest BCUT2D eigenvalue weighted by molar-refractivity contribution is -0.0258. The van der Waals surface area contributed by atoms with Crippen molar-refractivity contribution in [2.45, 2.75) is 31.4 Å².